The molecule has 0 unspecified atom stereocenters. The predicted molar refractivity (Wildman–Crippen MR) is 64.3 cm³/mol. The van der Waals surface area contributed by atoms with E-state index in [2.05, 4.69) is 20.9 Å². The fraction of sp³-hybridized carbons (Fsp3) is 0.0909. The fourth-order valence-corrected chi connectivity index (χ4v) is 2.24. The van der Waals surface area contributed by atoms with Gasteiger partial charge >= 0.3 is 0 Å². The van der Waals surface area contributed by atoms with Crippen LogP contribution >= 0.6 is 27.3 Å². The van der Waals surface area contributed by atoms with Crippen molar-refractivity contribution >= 4 is 33.0 Å². The molecule has 0 spiro atoms. The van der Waals surface area contributed by atoms with Crippen molar-refractivity contribution in [1.29, 1.82) is 0 Å². The lowest BCUT2D eigenvalue weighted by Gasteiger charge is -2.01. The Labute approximate surface area is 100 Å². The number of aromatic nitrogens is 1. The number of Topliss-reactive ketones (excluding diaryl/α,β-unsaturated/α-hetero) is 1. The van der Waals surface area contributed by atoms with Crippen molar-refractivity contribution in [3.05, 3.63) is 50.9 Å². The Morgan fingerprint density at radius 1 is 1.40 bits per heavy atom. The van der Waals surface area contributed by atoms with Crippen molar-refractivity contribution in [1.82, 2.24) is 4.98 Å². The SMILES string of the molecule is O=C(Cc1ccccc1Br)c1cscn1. The molecule has 0 aliphatic heterocycles. The number of carbonyl (C=O) groups excluding carboxylic acids is 1. The highest BCUT2D eigenvalue weighted by Gasteiger charge is 2.10. The topological polar surface area (TPSA) is 30.0 Å². The Hall–Kier alpha value is -1.00. The van der Waals surface area contributed by atoms with Gasteiger partial charge in [0, 0.05) is 16.3 Å². The van der Waals surface area contributed by atoms with Crippen molar-refractivity contribution in [3.8, 4) is 0 Å². The number of carbonyl (C=O) groups is 1. The summed E-state index contributed by atoms with van der Waals surface area (Å²) in [5.41, 5.74) is 3.22. The molecule has 0 saturated carbocycles. The minimum absolute atomic E-state index is 0.0585. The molecule has 0 atom stereocenters. The summed E-state index contributed by atoms with van der Waals surface area (Å²) >= 11 is 4.86. The van der Waals surface area contributed by atoms with E-state index in [4.69, 9.17) is 0 Å². The largest absolute Gasteiger partial charge is 0.292 e. The normalized spacial score (nSPS) is 10.2. The van der Waals surface area contributed by atoms with E-state index in [0.717, 1.165) is 10.0 Å². The molecule has 0 radical (unpaired) electrons. The number of hydrogen-bond acceptors (Lipinski definition) is 3. The highest BCUT2D eigenvalue weighted by molar-refractivity contribution is 9.10. The first kappa shape index (κ1) is 10.5. The van der Waals surface area contributed by atoms with Crippen LogP contribution in [0.1, 0.15) is 16.1 Å². The van der Waals surface area contributed by atoms with Crippen LogP contribution in [-0.2, 0) is 6.42 Å². The molecule has 0 amide bonds. The zero-order valence-electron chi connectivity index (χ0n) is 7.81. The van der Waals surface area contributed by atoms with Gasteiger partial charge in [-0.05, 0) is 11.6 Å². The number of ketones is 1. The Morgan fingerprint density at radius 2 is 2.20 bits per heavy atom. The third-order valence-electron chi connectivity index (χ3n) is 2.03. The summed E-state index contributed by atoms with van der Waals surface area (Å²) in [4.78, 5) is 15.7. The van der Waals surface area contributed by atoms with Crippen molar-refractivity contribution < 1.29 is 4.79 Å². The summed E-state index contributed by atoms with van der Waals surface area (Å²) in [5, 5.41) is 1.78. The number of benzene rings is 1. The smallest absolute Gasteiger partial charge is 0.186 e. The second-order valence-corrected chi connectivity index (χ2v) is 4.64. The third-order valence-corrected chi connectivity index (χ3v) is 3.39. The van der Waals surface area contributed by atoms with Crippen LogP contribution in [0.2, 0.25) is 0 Å². The molecule has 0 aliphatic carbocycles. The van der Waals surface area contributed by atoms with Crippen molar-refractivity contribution in [2.75, 3.05) is 0 Å². The molecule has 76 valence electrons. The lowest BCUT2D eigenvalue weighted by Crippen LogP contribution is -2.04. The molecule has 2 aromatic rings. The van der Waals surface area contributed by atoms with E-state index in [1.54, 1.807) is 10.9 Å². The maximum Gasteiger partial charge on any atom is 0.186 e. The molecule has 0 aliphatic rings. The van der Waals surface area contributed by atoms with Crippen LogP contribution in [0, 0.1) is 0 Å². The molecular weight excluding hydrogens is 274 g/mol. The Balaban J connectivity index is 2.17. The fourth-order valence-electron chi connectivity index (χ4n) is 1.26. The van der Waals surface area contributed by atoms with Gasteiger partial charge in [0.1, 0.15) is 5.69 Å². The molecule has 4 heteroatoms. The van der Waals surface area contributed by atoms with Gasteiger partial charge < -0.3 is 0 Å². The van der Waals surface area contributed by atoms with Gasteiger partial charge in [-0.1, -0.05) is 34.1 Å². The molecule has 0 bridgehead atoms. The first-order valence-corrected chi connectivity index (χ1v) is 6.16. The summed E-state index contributed by atoms with van der Waals surface area (Å²) in [6, 6.07) is 7.73. The average molecular weight is 282 g/mol. The van der Waals surface area contributed by atoms with Gasteiger partial charge in [-0.3, -0.25) is 4.79 Å². The molecule has 1 aromatic carbocycles. The minimum Gasteiger partial charge on any atom is -0.292 e. The summed E-state index contributed by atoms with van der Waals surface area (Å²) < 4.78 is 0.966. The van der Waals surface area contributed by atoms with Gasteiger partial charge in [0.2, 0.25) is 0 Å². The maximum atomic E-state index is 11.8. The zero-order valence-corrected chi connectivity index (χ0v) is 10.2. The van der Waals surface area contributed by atoms with Crippen molar-refractivity contribution in [2.24, 2.45) is 0 Å². The van der Waals surface area contributed by atoms with Crippen LogP contribution in [0.5, 0.6) is 0 Å². The van der Waals surface area contributed by atoms with E-state index < -0.39 is 0 Å². The van der Waals surface area contributed by atoms with E-state index in [1.807, 2.05) is 24.3 Å². The summed E-state index contributed by atoms with van der Waals surface area (Å²) in [5.74, 6) is 0.0585. The molecular formula is C11H8BrNOS. The van der Waals surface area contributed by atoms with Gasteiger partial charge in [-0.15, -0.1) is 11.3 Å². The summed E-state index contributed by atoms with van der Waals surface area (Å²) in [6.07, 6.45) is 0.394. The molecule has 2 nitrogen and oxygen atoms in total. The lowest BCUT2D eigenvalue weighted by atomic mass is 10.1. The Morgan fingerprint density at radius 3 is 2.87 bits per heavy atom. The van der Waals surface area contributed by atoms with Gasteiger partial charge in [0.15, 0.2) is 5.78 Å². The van der Waals surface area contributed by atoms with Gasteiger partial charge in [-0.2, -0.15) is 0 Å². The minimum atomic E-state index is 0.0585. The molecule has 15 heavy (non-hydrogen) atoms. The molecule has 1 aromatic heterocycles. The second kappa shape index (κ2) is 4.68. The second-order valence-electron chi connectivity index (χ2n) is 3.07. The Kier molecular flexibility index (Phi) is 3.28. The van der Waals surface area contributed by atoms with E-state index >= 15 is 0 Å². The van der Waals surface area contributed by atoms with Crippen LogP contribution < -0.4 is 0 Å². The highest BCUT2D eigenvalue weighted by Crippen LogP contribution is 2.18. The number of hydrogen-bond donors (Lipinski definition) is 0. The van der Waals surface area contributed by atoms with Gasteiger partial charge in [0.05, 0.1) is 5.51 Å². The van der Waals surface area contributed by atoms with Crippen LogP contribution in [0.3, 0.4) is 0 Å². The standard InChI is InChI=1S/C11H8BrNOS/c12-9-4-2-1-3-8(9)5-11(14)10-6-15-7-13-10/h1-4,6-7H,5H2. The monoisotopic (exact) mass is 281 g/mol. The zero-order chi connectivity index (χ0) is 10.7. The summed E-state index contributed by atoms with van der Waals surface area (Å²) in [7, 11) is 0. The van der Waals surface area contributed by atoms with Crippen LogP contribution in [0.25, 0.3) is 0 Å². The quantitative estimate of drug-likeness (QED) is 0.808. The van der Waals surface area contributed by atoms with Crippen LogP contribution in [0.15, 0.2) is 39.6 Å². The van der Waals surface area contributed by atoms with E-state index in [-0.39, 0.29) is 5.78 Å². The molecule has 2 rings (SSSR count). The van der Waals surface area contributed by atoms with Crippen LogP contribution in [-0.4, -0.2) is 10.8 Å². The molecule has 1 heterocycles. The summed E-state index contributed by atoms with van der Waals surface area (Å²) in [6.45, 7) is 0. The lowest BCUT2D eigenvalue weighted by molar-refractivity contribution is 0.0988. The van der Waals surface area contributed by atoms with E-state index in [1.165, 1.54) is 11.3 Å². The molecule has 0 fully saturated rings. The first-order valence-electron chi connectivity index (χ1n) is 4.42. The van der Waals surface area contributed by atoms with E-state index in [0.29, 0.717) is 12.1 Å². The van der Waals surface area contributed by atoms with E-state index in [9.17, 15) is 4.79 Å². The van der Waals surface area contributed by atoms with Gasteiger partial charge in [0.25, 0.3) is 0 Å². The number of rotatable bonds is 3. The van der Waals surface area contributed by atoms with Gasteiger partial charge in [-0.25, -0.2) is 4.98 Å². The number of thiazole rings is 1. The predicted octanol–water partition coefficient (Wildman–Crippen LogP) is 3.33. The average Bonchev–Trinajstić information content (AvgIpc) is 2.74. The third kappa shape index (κ3) is 2.52. The van der Waals surface area contributed by atoms with Crippen molar-refractivity contribution in [3.63, 3.8) is 0 Å². The number of halogens is 1. The maximum absolute atomic E-state index is 11.8. The van der Waals surface area contributed by atoms with Crippen molar-refractivity contribution in [2.45, 2.75) is 6.42 Å². The first-order chi connectivity index (χ1) is 7.27. The Bertz CT molecular complexity index is 467. The molecule has 0 N–H and O–H groups in total. The molecule has 0 saturated heterocycles. The highest BCUT2D eigenvalue weighted by atomic mass is 79.9. The number of nitrogens with zero attached hydrogens (tertiary/aromatic N) is 1. The van der Waals surface area contributed by atoms with Crippen LogP contribution in [0.4, 0.5) is 0 Å².